The summed E-state index contributed by atoms with van der Waals surface area (Å²) in [5, 5.41) is 11.7. The van der Waals surface area contributed by atoms with Crippen LogP contribution in [0.3, 0.4) is 0 Å². The largest absolute Gasteiger partial charge is 0.478 e. The van der Waals surface area contributed by atoms with E-state index < -0.39 is 5.97 Å². The standard InChI is InChI=1S/C25H23NO3/c1-5-26-21-13-23-20(11-16(21)4)24(17-8-6-7-9-18(17)25(27)28)19-10-14(2)15(3)12-22(19)29-23/h6-13H,5H2,1-4H3,(H,27,28)/p+1. The lowest BCUT2D eigenvalue weighted by atomic mass is 9.89. The second kappa shape index (κ2) is 7.21. The van der Waals surface area contributed by atoms with Crippen LogP contribution in [-0.4, -0.2) is 17.6 Å². The molecule has 0 fully saturated rings. The summed E-state index contributed by atoms with van der Waals surface area (Å²) in [5.41, 5.74) is 6.91. The van der Waals surface area contributed by atoms with Crippen molar-refractivity contribution in [1.82, 2.24) is 0 Å². The molecule has 0 radical (unpaired) electrons. The van der Waals surface area contributed by atoms with Gasteiger partial charge in [0.05, 0.1) is 11.6 Å². The molecule has 0 saturated carbocycles. The molecule has 2 aromatic carbocycles. The Kier molecular flexibility index (Phi) is 4.71. The van der Waals surface area contributed by atoms with Crippen LogP contribution in [0.25, 0.3) is 33.4 Å². The minimum Gasteiger partial charge on any atom is -0.478 e. The molecule has 146 valence electrons. The monoisotopic (exact) mass is 386 g/mol. The lowest BCUT2D eigenvalue weighted by molar-refractivity contribution is -0.496. The van der Waals surface area contributed by atoms with Gasteiger partial charge in [-0.15, -0.1) is 0 Å². The second-order valence-corrected chi connectivity index (χ2v) is 7.45. The molecule has 0 unspecified atom stereocenters. The maximum absolute atomic E-state index is 12.0. The van der Waals surface area contributed by atoms with Crippen molar-refractivity contribution >= 4 is 16.9 Å². The lowest BCUT2D eigenvalue weighted by Crippen LogP contribution is -2.76. The topological polar surface area (TPSA) is 64.4 Å². The molecule has 0 bridgehead atoms. The summed E-state index contributed by atoms with van der Waals surface area (Å²) in [4.78, 5) is 15.3. The van der Waals surface area contributed by atoms with E-state index in [1.54, 1.807) is 12.1 Å². The number of hydrogen-bond acceptors (Lipinski definition) is 2. The predicted octanol–water partition coefficient (Wildman–Crippen LogP) is 3.83. The first-order valence-electron chi connectivity index (χ1n) is 9.78. The number of hydrogen-bond donors (Lipinski definition) is 2. The van der Waals surface area contributed by atoms with Crippen molar-refractivity contribution in [2.45, 2.75) is 27.7 Å². The number of carbonyl (C=O) groups is 1. The Morgan fingerprint density at radius 2 is 1.69 bits per heavy atom. The molecule has 0 spiro atoms. The number of aryl methyl sites for hydroxylation is 3. The maximum atomic E-state index is 12.0. The van der Waals surface area contributed by atoms with Crippen LogP contribution in [0.5, 0.6) is 0 Å². The van der Waals surface area contributed by atoms with E-state index in [1.165, 1.54) is 0 Å². The normalized spacial score (nSPS) is 12.1. The Balaban J connectivity index is 2.24. The van der Waals surface area contributed by atoms with E-state index in [2.05, 4.69) is 44.8 Å². The highest BCUT2D eigenvalue weighted by molar-refractivity contribution is 6.07. The van der Waals surface area contributed by atoms with Gasteiger partial charge in [-0.05, 0) is 68.7 Å². The highest BCUT2D eigenvalue weighted by Gasteiger charge is 2.22. The van der Waals surface area contributed by atoms with Gasteiger partial charge in [0.25, 0.3) is 0 Å². The van der Waals surface area contributed by atoms with Gasteiger partial charge < -0.3 is 9.52 Å². The summed E-state index contributed by atoms with van der Waals surface area (Å²) in [6, 6.07) is 15.4. The first-order valence-corrected chi connectivity index (χ1v) is 9.78. The summed E-state index contributed by atoms with van der Waals surface area (Å²) in [5.74, 6) is -0.204. The third-order valence-electron chi connectivity index (χ3n) is 5.48. The van der Waals surface area contributed by atoms with Gasteiger partial charge in [-0.1, -0.05) is 18.2 Å². The van der Waals surface area contributed by atoms with Crippen molar-refractivity contribution in [1.29, 1.82) is 0 Å². The van der Waals surface area contributed by atoms with E-state index in [1.807, 2.05) is 24.3 Å². The molecule has 0 aromatic heterocycles. The van der Waals surface area contributed by atoms with E-state index in [9.17, 15) is 9.90 Å². The lowest BCUT2D eigenvalue weighted by Gasteiger charge is -2.18. The SMILES string of the molecule is CC[NH+]=c1cc2oc3cc(C)c(C)cc3c(-c3ccccc3C(=O)O)c-2cc1C. The molecule has 2 N–H and O–H groups in total. The molecule has 4 heteroatoms. The fourth-order valence-corrected chi connectivity index (χ4v) is 3.86. The molecule has 1 aliphatic carbocycles. The van der Waals surface area contributed by atoms with E-state index >= 15 is 0 Å². The van der Waals surface area contributed by atoms with Crippen molar-refractivity contribution in [3.63, 3.8) is 0 Å². The zero-order chi connectivity index (χ0) is 20.7. The molecule has 0 amide bonds. The van der Waals surface area contributed by atoms with Crippen molar-refractivity contribution in [2.24, 2.45) is 0 Å². The molecule has 0 atom stereocenters. The molecule has 1 heterocycles. The Bertz CT molecular complexity index is 1300. The van der Waals surface area contributed by atoms with Crippen LogP contribution in [0.4, 0.5) is 0 Å². The van der Waals surface area contributed by atoms with Crippen molar-refractivity contribution in [3.05, 3.63) is 76.1 Å². The zero-order valence-corrected chi connectivity index (χ0v) is 17.1. The van der Waals surface area contributed by atoms with Gasteiger partial charge in [0.15, 0.2) is 0 Å². The average Bonchev–Trinajstić information content (AvgIpc) is 2.69. The van der Waals surface area contributed by atoms with E-state index in [0.717, 1.165) is 56.4 Å². The van der Waals surface area contributed by atoms with Crippen LogP contribution in [0.1, 0.15) is 34.0 Å². The highest BCUT2D eigenvalue weighted by Crippen LogP contribution is 2.42. The van der Waals surface area contributed by atoms with Crippen LogP contribution in [0.2, 0.25) is 0 Å². The second-order valence-electron chi connectivity index (χ2n) is 7.45. The minimum absolute atomic E-state index is 0.285. The van der Waals surface area contributed by atoms with Gasteiger partial charge in [0.2, 0.25) is 5.36 Å². The third kappa shape index (κ3) is 3.21. The molecule has 0 saturated heterocycles. The van der Waals surface area contributed by atoms with Gasteiger partial charge >= 0.3 is 5.97 Å². The number of aromatic carboxylic acids is 1. The molecule has 2 aromatic rings. The summed E-state index contributed by atoms with van der Waals surface area (Å²) in [7, 11) is 0. The maximum Gasteiger partial charge on any atom is 0.336 e. The quantitative estimate of drug-likeness (QED) is 0.526. The fraction of sp³-hybridized carbons (Fsp3) is 0.200. The number of carboxylic acid groups (broad SMARTS) is 1. The zero-order valence-electron chi connectivity index (χ0n) is 17.1. The fourth-order valence-electron chi connectivity index (χ4n) is 3.86. The Labute approximate surface area is 169 Å². The number of carboxylic acids is 1. The molecular weight excluding hydrogens is 362 g/mol. The smallest absolute Gasteiger partial charge is 0.336 e. The molecule has 29 heavy (non-hydrogen) atoms. The Morgan fingerprint density at radius 3 is 2.41 bits per heavy atom. The molecular formula is C25H24NO3+. The number of benzene rings is 3. The van der Waals surface area contributed by atoms with Crippen LogP contribution >= 0.6 is 0 Å². The van der Waals surface area contributed by atoms with Crippen LogP contribution < -0.4 is 10.3 Å². The number of nitrogens with one attached hydrogen (secondary N) is 1. The number of fused-ring (bicyclic) bond motifs is 2. The van der Waals surface area contributed by atoms with Crippen LogP contribution in [-0.2, 0) is 0 Å². The van der Waals surface area contributed by atoms with Gasteiger partial charge in [-0.2, -0.15) is 0 Å². The Hall–Kier alpha value is -3.40. The average molecular weight is 386 g/mol. The van der Waals surface area contributed by atoms with Gasteiger partial charge in [-0.25, -0.2) is 9.79 Å². The van der Waals surface area contributed by atoms with Gasteiger partial charge in [0.1, 0.15) is 17.9 Å². The molecule has 1 aliphatic heterocycles. The third-order valence-corrected chi connectivity index (χ3v) is 5.48. The van der Waals surface area contributed by atoms with Crippen molar-refractivity contribution in [3.8, 4) is 22.5 Å². The summed E-state index contributed by atoms with van der Waals surface area (Å²) in [6.07, 6.45) is 0. The highest BCUT2D eigenvalue weighted by atomic mass is 16.4. The summed E-state index contributed by atoms with van der Waals surface area (Å²) < 4.78 is 6.30. The first-order chi connectivity index (χ1) is 13.9. The van der Waals surface area contributed by atoms with E-state index in [0.29, 0.717) is 5.56 Å². The van der Waals surface area contributed by atoms with Gasteiger partial charge in [0, 0.05) is 22.1 Å². The molecule has 2 aliphatic rings. The predicted molar refractivity (Wildman–Crippen MR) is 114 cm³/mol. The van der Waals surface area contributed by atoms with Crippen molar-refractivity contribution in [2.75, 3.05) is 6.54 Å². The summed E-state index contributed by atoms with van der Waals surface area (Å²) in [6.45, 7) is 9.04. The van der Waals surface area contributed by atoms with E-state index in [4.69, 9.17) is 4.42 Å². The van der Waals surface area contributed by atoms with Crippen LogP contribution in [0, 0.1) is 20.8 Å². The molecule has 4 nitrogen and oxygen atoms in total. The van der Waals surface area contributed by atoms with Crippen LogP contribution in [0.15, 0.2) is 52.9 Å². The van der Waals surface area contributed by atoms with Gasteiger partial charge in [-0.3, -0.25) is 0 Å². The molecule has 4 rings (SSSR count). The Morgan fingerprint density at radius 1 is 0.966 bits per heavy atom. The van der Waals surface area contributed by atoms with E-state index in [-0.39, 0.29) is 5.56 Å². The van der Waals surface area contributed by atoms with Crippen molar-refractivity contribution < 1.29 is 19.3 Å². The summed E-state index contributed by atoms with van der Waals surface area (Å²) >= 11 is 0. The number of rotatable bonds is 3. The first kappa shape index (κ1) is 18.9. The minimum atomic E-state index is -0.937.